The van der Waals surface area contributed by atoms with Crippen LogP contribution in [0.2, 0.25) is 0 Å². The van der Waals surface area contributed by atoms with E-state index in [1.165, 1.54) is 18.0 Å². The molecule has 0 bridgehead atoms. The molecular weight excluding hydrogens is 294 g/mol. The molecule has 2 N–H and O–H groups in total. The molecule has 0 fully saturated rings. The van der Waals surface area contributed by atoms with Crippen LogP contribution >= 0.6 is 0 Å². The summed E-state index contributed by atoms with van der Waals surface area (Å²) in [4.78, 5) is 0. The summed E-state index contributed by atoms with van der Waals surface area (Å²) >= 11 is 0. The summed E-state index contributed by atoms with van der Waals surface area (Å²) in [6.07, 6.45) is 1.18. The van der Waals surface area contributed by atoms with Gasteiger partial charge in [-0.3, -0.25) is 0 Å². The molecule has 2 rings (SSSR count). The van der Waals surface area contributed by atoms with Gasteiger partial charge in [-0.25, -0.2) is 13.1 Å². The zero-order chi connectivity index (χ0) is 15.6. The molecule has 8 nitrogen and oxygen atoms in total. The minimum atomic E-state index is -3.14. The van der Waals surface area contributed by atoms with Gasteiger partial charge in [0.1, 0.15) is 15.6 Å². The van der Waals surface area contributed by atoms with Crippen molar-refractivity contribution in [2.45, 2.75) is 13.0 Å². The van der Waals surface area contributed by atoms with Crippen LogP contribution in [0.15, 0.2) is 18.2 Å². The average molecular weight is 311 g/mol. The molecule has 0 amide bonds. The minimum Gasteiger partial charge on any atom is -0.497 e. The second-order valence-electron chi connectivity index (χ2n) is 4.88. The van der Waals surface area contributed by atoms with E-state index >= 15 is 0 Å². The van der Waals surface area contributed by atoms with Crippen LogP contribution in [-0.4, -0.2) is 47.7 Å². The number of sulfone groups is 1. The molecule has 0 radical (unpaired) electrons. The third kappa shape index (κ3) is 3.69. The van der Waals surface area contributed by atoms with Crippen LogP contribution in [0.25, 0.3) is 11.4 Å². The number of ether oxygens (including phenoxy) is 1. The summed E-state index contributed by atoms with van der Waals surface area (Å²) in [5.41, 5.74) is 6.99. The van der Waals surface area contributed by atoms with Crippen molar-refractivity contribution in [1.29, 1.82) is 0 Å². The first kappa shape index (κ1) is 15.2. The lowest BCUT2D eigenvalue weighted by molar-refractivity contribution is 0.415. The lowest BCUT2D eigenvalue weighted by atomic mass is 10.1. The first-order valence-electron chi connectivity index (χ1n) is 6.20. The molecule has 1 heterocycles. The normalized spacial score (nSPS) is 13.1. The highest BCUT2D eigenvalue weighted by Gasteiger charge is 2.19. The highest BCUT2D eigenvalue weighted by molar-refractivity contribution is 7.90. The summed E-state index contributed by atoms with van der Waals surface area (Å²) in [5.74, 6) is 0.969. The Kier molecular flexibility index (Phi) is 4.12. The molecule has 0 saturated heterocycles. The number of aromatic nitrogens is 4. The van der Waals surface area contributed by atoms with E-state index in [0.29, 0.717) is 22.8 Å². The molecule has 0 aliphatic rings. The van der Waals surface area contributed by atoms with Crippen molar-refractivity contribution < 1.29 is 13.2 Å². The lowest BCUT2D eigenvalue weighted by Gasteiger charge is -2.13. The van der Waals surface area contributed by atoms with Crippen LogP contribution in [0.3, 0.4) is 0 Å². The Morgan fingerprint density at radius 2 is 2.10 bits per heavy atom. The molecule has 0 spiro atoms. The standard InChI is InChI=1S/C12H17N5O3S/c1-8(7-21(3,18)19)17-12(14-15-16-17)9-4-10(13)6-11(5-9)20-2/h4-6,8H,7,13H2,1-3H3. The Morgan fingerprint density at radius 1 is 1.38 bits per heavy atom. The van der Waals surface area contributed by atoms with E-state index in [1.807, 2.05) is 0 Å². The van der Waals surface area contributed by atoms with E-state index in [2.05, 4.69) is 15.5 Å². The van der Waals surface area contributed by atoms with E-state index in [4.69, 9.17) is 10.5 Å². The van der Waals surface area contributed by atoms with Crippen molar-refractivity contribution in [3.8, 4) is 17.1 Å². The SMILES string of the molecule is COc1cc(N)cc(-c2nnnn2C(C)CS(C)(=O)=O)c1. The topological polar surface area (TPSA) is 113 Å². The fourth-order valence-electron chi connectivity index (χ4n) is 2.06. The molecule has 114 valence electrons. The molecular formula is C12H17N5O3S. The van der Waals surface area contributed by atoms with Crippen LogP contribution in [0.1, 0.15) is 13.0 Å². The number of hydrogen-bond donors (Lipinski definition) is 1. The van der Waals surface area contributed by atoms with Gasteiger partial charge in [0.25, 0.3) is 0 Å². The monoisotopic (exact) mass is 311 g/mol. The van der Waals surface area contributed by atoms with Gasteiger partial charge in [0.05, 0.1) is 18.9 Å². The number of nitrogen functional groups attached to an aromatic ring is 1. The predicted molar refractivity (Wildman–Crippen MR) is 78.6 cm³/mol. The van der Waals surface area contributed by atoms with Crippen molar-refractivity contribution >= 4 is 15.5 Å². The number of tetrazole rings is 1. The molecule has 21 heavy (non-hydrogen) atoms. The minimum absolute atomic E-state index is 0.0511. The fraction of sp³-hybridized carbons (Fsp3) is 0.417. The van der Waals surface area contributed by atoms with Crippen molar-refractivity contribution in [3.05, 3.63) is 18.2 Å². The van der Waals surface area contributed by atoms with Crippen LogP contribution in [0.4, 0.5) is 5.69 Å². The summed E-state index contributed by atoms with van der Waals surface area (Å²) in [7, 11) is -1.60. The molecule has 1 aromatic carbocycles. The molecule has 2 aromatic rings. The van der Waals surface area contributed by atoms with Crippen LogP contribution in [0, 0.1) is 0 Å². The number of nitrogens with zero attached hydrogens (tertiary/aromatic N) is 4. The Morgan fingerprint density at radius 3 is 2.71 bits per heavy atom. The zero-order valence-electron chi connectivity index (χ0n) is 12.0. The first-order chi connectivity index (χ1) is 9.80. The van der Waals surface area contributed by atoms with Gasteiger partial charge in [-0.2, -0.15) is 0 Å². The molecule has 1 unspecified atom stereocenters. The van der Waals surface area contributed by atoms with Gasteiger partial charge >= 0.3 is 0 Å². The summed E-state index contributed by atoms with van der Waals surface area (Å²) in [5, 5.41) is 11.4. The summed E-state index contributed by atoms with van der Waals surface area (Å²) < 4.78 is 29.5. The Bertz CT molecular complexity index is 741. The van der Waals surface area contributed by atoms with E-state index < -0.39 is 15.9 Å². The van der Waals surface area contributed by atoms with Gasteiger partial charge in [-0.1, -0.05) is 0 Å². The Balaban J connectivity index is 2.43. The van der Waals surface area contributed by atoms with E-state index in [-0.39, 0.29) is 5.75 Å². The quantitative estimate of drug-likeness (QED) is 0.801. The van der Waals surface area contributed by atoms with Crippen molar-refractivity contribution in [3.63, 3.8) is 0 Å². The third-order valence-electron chi connectivity index (χ3n) is 2.88. The van der Waals surface area contributed by atoms with Gasteiger partial charge in [0.2, 0.25) is 0 Å². The van der Waals surface area contributed by atoms with Gasteiger partial charge in [0, 0.05) is 23.6 Å². The first-order valence-corrected chi connectivity index (χ1v) is 8.26. The fourth-order valence-corrected chi connectivity index (χ4v) is 3.08. The average Bonchev–Trinajstić information content (AvgIpc) is 2.85. The predicted octanol–water partition coefficient (Wildman–Crippen LogP) is 0.536. The van der Waals surface area contributed by atoms with Crippen molar-refractivity contribution in [1.82, 2.24) is 20.2 Å². The smallest absolute Gasteiger partial charge is 0.182 e. The highest BCUT2D eigenvalue weighted by atomic mass is 32.2. The number of hydrogen-bond acceptors (Lipinski definition) is 7. The maximum Gasteiger partial charge on any atom is 0.182 e. The van der Waals surface area contributed by atoms with E-state index in [9.17, 15) is 8.42 Å². The highest BCUT2D eigenvalue weighted by Crippen LogP contribution is 2.27. The molecule has 0 aliphatic heterocycles. The molecule has 0 saturated carbocycles. The van der Waals surface area contributed by atoms with Gasteiger partial charge in [-0.05, 0) is 29.5 Å². The maximum absolute atomic E-state index is 11.4. The number of rotatable bonds is 5. The second-order valence-corrected chi connectivity index (χ2v) is 7.07. The number of anilines is 1. The zero-order valence-corrected chi connectivity index (χ0v) is 12.8. The Labute approximate surface area is 122 Å². The van der Waals surface area contributed by atoms with E-state index in [0.717, 1.165) is 0 Å². The molecule has 0 aliphatic carbocycles. The summed E-state index contributed by atoms with van der Waals surface area (Å²) in [6.45, 7) is 1.74. The molecule has 1 aromatic heterocycles. The number of benzene rings is 1. The van der Waals surface area contributed by atoms with Crippen molar-refractivity contribution in [2.24, 2.45) is 0 Å². The van der Waals surface area contributed by atoms with Crippen molar-refractivity contribution in [2.75, 3.05) is 24.9 Å². The lowest BCUT2D eigenvalue weighted by Crippen LogP contribution is -2.18. The number of nitrogens with two attached hydrogens (primary N) is 1. The number of methoxy groups -OCH3 is 1. The second kappa shape index (κ2) is 5.68. The van der Waals surface area contributed by atoms with E-state index in [1.54, 1.807) is 25.1 Å². The third-order valence-corrected chi connectivity index (χ3v) is 3.96. The summed E-state index contributed by atoms with van der Waals surface area (Å²) in [6, 6.07) is 4.73. The maximum atomic E-state index is 11.4. The van der Waals surface area contributed by atoms with Gasteiger partial charge in [0.15, 0.2) is 5.82 Å². The van der Waals surface area contributed by atoms with Gasteiger partial charge in [-0.15, -0.1) is 5.10 Å². The Hall–Kier alpha value is -2.16. The molecule has 1 atom stereocenters. The van der Waals surface area contributed by atoms with Gasteiger partial charge < -0.3 is 10.5 Å². The largest absolute Gasteiger partial charge is 0.497 e. The molecule has 9 heteroatoms. The van der Waals surface area contributed by atoms with Crippen LogP contribution in [-0.2, 0) is 9.84 Å². The van der Waals surface area contributed by atoms with Crippen LogP contribution in [0.5, 0.6) is 5.75 Å². The van der Waals surface area contributed by atoms with Crippen LogP contribution < -0.4 is 10.5 Å².